The smallest absolute Gasteiger partial charge is 0.408 e. The number of nitrogens with zero attached hydrogens (tertiary/aromatic N) is 4. The summed E-state index contributed by atoms with van der Waals surface area (Å²) in [6, 6.07) is 38.9. The van der Waals surface area contributed by atoms with E-state index >= 15 is 0 Å². The largest absolute Gasteiger partial charge is 0.445 e. The fourth-order valence-electron chi connectivity index (χ4n) is 6.40. The lowest BCUT2D eigenvalue weighted by atomic mass is 10.1. The second kappa shape index (κ2) is 17.0. The summed E-state index contributed by atoms with van der Waals surface area (Å²) in [5.74, 6) is 1.08. The van der Waals surface area contributed by atoms with Gasteiger partial charge in [0.2, 0.25) is 0 Å². The van der Waals surface area contributed by atoms with E-state index in [-0.39, 0.29) is 23.8 Å². The van der Waals surface area contributed by atoms with Gasteiger partial charge in [-0.3, -0.25) is 18.7 Å². The first kappa shape index (κ1) is 37.4. The number of amides is 1. The number of alkyl carbamates (subject to hydrolysis) is 1. The Kier molecular flexibility index (Phi) is 11.7. The molecule has 0 aliphatic carbocycles. The van der Waals surface area contributed by atoms with Crippen LogP contribution in [0.25, 0.3) is 33.2 Å². The van der Waals surface area contributed by atoms with Gasteiger partial charge >= 0.3 is 6.09 Å². The molecule has 0 bridgehead atoms. The molecule has 54 heavy (non-hydrogen) atoms. The van der Waals surface area contributed by atoms with Crippen molar-refractivity contribution in [1.82, 2.24) is 24.4 Å². The molecule has 274 valence electrons. The highest BCUT2D eigenvalue weighted by Gasteiger charge is 2.23. The maximum Gasteiger partial charge on any atom is 0.408 e. The quantitative estimate of drug-likeness (QED) is 0.154. The van der Waals surface area contributed by atoms with Crippen LogP contribution in [-0.4, -0.2) is 25.2 Å². The summed E-state index contributed by atoms with van der Waals surface area (Å²) in [6.07, 6.45) is 0.701. The van der Waals surface area contributed by atoms with E-state index in [0.29, 0.717) is 45.6 Å². The summed E-state index contributed by atoms with van der Waals surface area (Å²) in [4.78, 5) is 48.7. The number of benzene rings is 5. The number of fused-ring (bicyclic) bond motifs is 2. The number of carbonyl (C=O) groups excluding carboxylic acids is 1. The molecule has 1 amide bonds. The number of rotatable bonds is 9. The maximum atomic E-state index is 13.6. The van der Waals surface area contributed by atoms with Gasteiger partial charge in [0.1, 0.15) is 18.3 Å². The van der Waals surface area contributed by atoms with E-state index in [1.165, 1.54) is 0 Å². The molecule has 10 nitrogen and oxygen atoms in total. The van der Waals surface area contributed by atoms with Crippen LogP contribution in [0.1, 0.15) is 67.1 Å². The Labute approximate surface area is 313 Å². The van der Waals surface area contributed by atoms with Crippen molar-refractivity contribution in [2.45, 2.75) is 59.2 Å². The molecule has 0 aliphatic rings. The van der Waals surface area contributed by atoms with Gasteiger partial charge in [0.05, 0.1) is 45.3 Å². The summed E-state index contributed by atoms with van der Waals surface area (Å²) in [6.45, 7) is 7.92. The van der Waals surface area contributed by atoms with Gasteiger partial charge in [-0.15, -0.1) is 0 Å². The predicted octanol–water partition coefficient (Wildman–Crippen LogP) is 8.18. The monoisotopic (exact) mass is 720 g/mol. The number of hydrogen-bond donors (Lipinski definition) is 2. The Morgan fingerprint density at radius 3 is 1.59 bits per heavy atom. The number of hydrogen-bond acceptors (Lipinski definition) is 7. The number of para-hydroxylation sites is 2. The van der Waals surface area contributed by atoms with Crippen molar-refractivity contribution in [1.29, 1.82) is 0 Å². The molecule has 2 atom stereocenters. The fourth-order valence-corrected chi connectivity index (χ4v) is 6.40. The third-order valence-electron chi connectivity index (χ3n) is 9.29. The summed E-state index contributed by atoms with van der Waals surface area (Å²) < 4.78 is 8.63. The minimum Gasteiger partial charge on any atom is -0.445 e. The van der Waals surface area contributed by atoms with Gasteiger partial charge in [0, 0.05) is 0 Å². The van der Waals surface area contributed by atoms with Crippen LogP contribution in [0.3, 0.4) is 0 Å². The first-order valence-corrected chi connectivity index (χ1v) is 18.1. The maximum absolute atomic E-state index is 13.6. The van der Waals surface area contributed by atoms with Crippen LogP contribution in [0.5, 0.6) is 0 Å². The average Bonchev–Trinajstić information content (AvgIpc) is 3.20. The highest BCUT2D eigenvalue weighted by molar-refractivity contribution is 5.82. The minimum atomic E-state index is -0.557. The average molecular weight is 721 g/mol. The van der Waals surface area contributed by atoms with Gasteiger partial charge in [0.15, 0.2) is 0 Å². The van der Waals surface area contributed by atoms with Crippen LogP contribution in [0.4, 0.5) is 4.79 Å². The standard InChI is InChI=1S/C26H25N3O3.C18H19N3O/c1-3-21(28-26(31)32-17-19-12-6-4-7-13-19)24-27-22-16-10-11-18(2)23(22)25(30)29(24)20-14-8-5-9-15-20;1-3-14(19)17-20-15-11-7-8-12(2)16(15)18(22)21(17)13-9-5-4-6-10-13/h4-16,21H,3,17H2,1-2H3,(H,28,31);4-11,14H,3,19H2,1-2H3. The predicted molar refractivity (Wildman–Crippen MR) is 214 cm³/mol. The molecule has 0 radical (unpaired) electrons. The molecule has 0 spiro atoms. The van der Waals surface area contributed by atoms with Crippen molar-refractivity contribution in [3.05, 3.63) is 176 Å². The second-order valence-electron chi connectivity index (χ2n) is 13.0. The highest BCUT2D eigenvalue weighted by Crippen LogP contribution is 2.23. The van der Waals surface area contributed by atoms with E-state index in [1.54, 1.807) is 9.13 Å². The Hall–Kier alpha value is -6.39. The van der Waals surface area contributed by atoms with Crippen LogP contribution < -0.4 is 22.2 Å². The van der Waals surface area contributed by atoms with Crippen molar-refractivity contribution in [2.24, 2.45) is 5.73 Å². The molecule has 0 saturated heterocycles. The molecule has 7 rings (SSSR count). The summed E-state index contributed by atoms with van der Waals surface area (Å²) in [7, 11) is 0. The van der Waals surface area contributed by atoms with Crippen molar-refractivity contribution < 1.29 is 9.53 Å². The van der Waals surface area contributed by atoms with Crippen LogP contribution in [0.15, 0.2) is 137 Å². The molecule has 0 fully saturated rings. The number of aromatic nitrogens is 4. The lowest BCUT2D eigenvalue weighted by Crippen LogP contribution is -2.34. The number of nitrogens with one attached hydrogen (secondary N) is 1. The number of carbonyl (C=O) groups is 1. The van der Waals surface area contributed by atoms with E-state index in [1.807, 2.05) is 155 Å². The van der Waals surface area contributed by atoms with Crippen molar-refractivity contribution >= 4 is 27.9 Å². The molecule has 3 N–H and O–H groups in total. The van der Waals surface area contributed by atoms with E-state index in [0.717, 1.165) is 28.8 Å². The second-order valence-corrected chi connectivity index (χ2v) is 13.0. The lowest BCUT2D eigenvalue weighted by molar-refractivity contribution is 0.134. The van der Waals surface area contributed by atoms with Crippen LogP contribution in [-0.2, 0) is 11.3 Å². The van der Waals surface area contributed by atoms with Crippen molar-refractivity contribution in [3.63, 3.8) is 0 Å². The Balaban J connectivity index is 0.000000197. The molecule has 7 aromatic rings. The summed E-state index contributed by atoms with van der Waals surface area (Å²) in [5, 5.41) is 4.11. The molecule has 2 unspecified atom stereocenters. The summed E-state index contributed by atoms with van der Waals surface area (Å²) >= 11 is 0. The third-order valence-corrected chi connectivity index (χ3v) is 9.29. The number of aryl methyl sites for hydroxylation is 2. The number of ether oxygens (including phenoxy) is 1. The normalized spacial score (nSPS) is 12.1. The Morgan fingerprint density at radius 1 is 0.648 bits per heavy atom. The van der Waals surface area contributed by atoms with Crippen LogP contribution in [0, 0.1) is 13.8 Å². The first-order chi connectivity index (χ1) is 26.2. The van der Waals surface area contributed by atoms with Crippen LogP contribution in [0.2, 0.25) is 0 Å². The molecule has 5 aromatic carbocycles. The molecule has 0 saturated carbocycles. The Bertz CT molecular complexity index is 2500. The molecule has 10 heteroatoms. The zero-order chi connectivity index (χ0) is 38.2. The third kappa shape index (κ3) is 7.99. The lowest BCUT2D eigenvalue weighted by Gasteiger charge is -2.22. The zero-order valence-corrected chi connectivity index (χ0v) is 30.9. The summed E-state index contributed by atoms with van der Waals surface area (Å²) in [5.41, 5.74) is 11.5. The van der Waals surface area contributed by atoms with Gasteiger partial charge in [0.25, 0.3) is 11.1 Å². The van der Waals surface area contributed by atoms with Gasteiger partial charge in [-0.25, -0.2) is 14.8 Å². The Morgan fingerprint density at radius 2 is 1.11 bits per heavy atom. The molecular weight excluding hydrogens is 677 g/mol. The molecule has 2 heterocycles. The van der Waals surface area contributed by atoms with Gasteiger partial charge in [-0.2, -0.15) is 0 Å². The number of nitrogens with two attached hydrogens (primary N) is 1. The molecular formula is C44H44N6O4. The fraction of sp³-hybridized carbons (Fsp3) is 0.205. The first-order valence-electron chi connectivity index (χ1n) is 18.1. The van der Waals surface area contributed by atoms with Gasteiger partial charge in [-0.1, -0.05) is 105 Å². The molecule has 2 aromatic heterocycles. The highest BCUT2D eigenvalue weighted by atomic mass is 16.5. The van der Waals surface area contributed by atoms with E-state index in [4.69, 9.17) is 15.5 Å². The van der Waals surface area contributed by atoms with E-state index in [2.05, 4.69) is 10.3 Å². The minimum absolute atomic E-state index is 0.0619. The van der Waals surface area contributed by atoms with E-state index in [9.17, 15) is 14.4 Å². The van der Waals surface area contributed by atoms with E-state index < -0.39 is 12.1 Å². The molecule has 0 aliphatic heterocycles. The van der Waals surface area contributed by atoms with Crippen LogP contribution >= 0.6 is 0 Å². The zero-order valence-electron chi connectivity index (χ0n) is 30.9. The van der Waals surface area contributed by atoms with Gasteiger partial charge in [-0.05, 0) is 79.8 Å². The van der Waals surface area contributed by atoms with Crippen molar-refractivity contribution in [3.8, 4) is 11.4 Å². The SMILES string of the molecule is CCC(N)c1nc2cccc(C)c2c(=O)n1-c1ccccc1.CCC(NC(=O)OCc1ccccc1)c1nc2cccc(C)c2c(=O)n1-c1ccccc1. The topological polar surface area (TPSA) is 134 Å². The van der Waals surface area contributed by atoms with Gasteiger partial charge < -0.3 is 15.8 Å². The van der Waals surface area contributed by atoms with Crippen molar-refractivity contribution in [2.75, 3.05) is 0 Å².